The largest absolute Gasteiger partial charge is 0.507 e. The topological polar surface area (TPSA) is 79.3 Å². The molecule has 3 fully saturated rings. The Bertz CT molecular complexity index is 691. The van der Waals surface area contributed by atoms with Gasteiger partial charge in [-0.1, -0.05) is 0 Å². The predicted molar refractivity (Wildman–Crippen MR) is 79.1 cm³/mol. The van der Waals surface area contributed by atoms with Crippen LogP contribution < -0.4 is 4.74 Å². The van der Waals surface area contributed by atoms with Crippen molar-refractivity contribution in [3.8, 4) is 11.5 Å². The van der Waals surface area contributed by atoms with Gasteiger partial charge >= 0.3 is 0 Å². The summed E-state index contributed by atoms with van der Waals surface area (Å²) in [6, 6.07) is 4.31. The molecule has 4 rings (SSSR count). The molecule has 0 unspecified atom stereocenters. The second-order valence-corrected chi connectivity index (χ2v) is 6.09. The molecule has 122 valence electrons. The molecule has 7 nitrogen and oxygen atoms in total. The monoisotopic (exact) mass is 318 g/mol. The number of rotatable bonds is 2. The highest BCUT2D eigenvalue weighted by Crippen LogP contribution is 2.46. The van der Waals surface area contributed by atoms with Gasteiger partial charge in [0, 0.05) is 25.6 Å². The van der Waals surface area contributed by atoms with Gasteiger partial charge in [0.1, 0.15) is 11.5 Å². The summed E-state index contributed by atoms with van der Waals surface area (Å²) in [4.78, 5) is 28.4. The molecule has 0 radical (unpaired) electrons. The molecule has 0 aromatic heterocycles. The van der Waals surface area contributed by atoms with Crippen molar-refractivity contribution in [2.45, 2.75) is 24.6 Å². The summed E-state index contributed by atoms with van der Waals surface area (Å²) in [5.41, 5.74) is -0.443. The summed E-state index contributed by atoms with van der Waals surface area (Å²) in [6.45, 7) is 1.61. The van der Waals surface area contributed by atoms with E-state index in [1.165, 1.54) is 13.2 Å². The van der Waals surface area contributed by atoms with Crippen molar-refractivity contribution in [3.63, 3.8) is 0 Å². The highest BCUT2D eigenvalue weighted by molar-refractivity contribution is 5.98. The normalized spacial score (nSPS) is 28.9. The molecule has 3 saturated heterocycles. The van der Waals surface area contributed by atoms with E-state index >= 15 is 0 Å². The maximum absolute atomic E-state index is 12.8. The summed E-state index contributed by atoms with van der Waals surface area (Å²) in [5, 5.41) is 10.1. The number of likely N-dealkylation sites (tertiary alicyclic amines) is 1. The molecule has 3 heterocycles. The van der Waals surface area contributed by atoms with Crippen LogP contribution in [-0.2, 0) is 9.53 Å². The minimum Gasteiger partial charge on any atom is -0.507 e. The lowest BCUT2D eigenvalue weighted by Crippen LogP contribution is -2.48. The molecule has 2 amide bonds. The number of amides is 2. The molecular formula is C16H18N2O5. The highest BCUT2D eigenvalue weighted by Gasteiger charge is 2.62. The van der Waals surface area contributed by atoms with E-state index in [0.717, 1.165) is 0 Å². The summed E-state index contributed by atoms with van der Waals surface area (Å²) < 4.78 is 10.9. The molecule has 2 atom stereocenters. The third-order valence-corrected chi connectivity index (χ3v) is 5.10. The Morgan fingerprint density at radius 2 is 2.26 bits per heavy atom. The van der Waals surface area contributed by atoms with Crippen molar-refractivity contribution >= 4 is 11.8 Å². The van der Waals surface area contributed by atoms with Crippen LogP contribution in [0.15, 0.2) is 18.2 Å². The molecule has 7 heteroatoms. The standard InChI is InChI=1S/C16H18N2O5/c1-22-10-2-3-11(12(19)8-10)15(21)17-5-4-16-13(17)9-14(20)18(16)6-7-23-16/h2-3,8,13,19H,4-7,9H2,1H3/t13-,16+/m1/s1. The molecule has 0 saturated carbocycles. The zero-order chi connectivity index (χ0) is 16.2. The molecule has 0 aliphatic carbocycles. The van der Waals surface area contributed by atoms with Crippen molar-refractivity contribution < 1.29 is 24.2 Å². The Morgan fingerprint density at radius 1 is 1.43 bits per heavy atom. The fourth-order valence-corrected chi connectivity index (χ4v) is 4.01. The van der Waals surface area contributed by atoms with Crippen LogP contribution in [0.25, 0.3) is 0 Å². The number of carbonyl (C=O) groups excluding carboxylic acids is 2. The third kappa shape index (κ3) is 1.86. The zero-order valence-corrected chi connectivity index (χ0v) is 12.8. The van der Waals surface area contributed by atoms with Crippen molar-refractivity contribution in [3.05, 3.63) is 23.8 Å². The number of phenols is 1. The van der Waals surface area contributed by atoms with Crippen LogP contribution >= 0.6 is 0 Å². The first-order chi connectivity index (χ1) is 11.1. The van der Waals surface area contributed by atoms with Gasteiger partial charge in [-0.2, -0.15) is 0 Å². The van der Waals surface area contributed by atoms with Gasteiger partial charge < -0.3 is 24.4 Å². The molecule has 3 aliphatic heterocycles. The van der Waals surface area contributed by atoms with E-state index in [-0.39, 0.29) is 35.6 Å². The minimum atomic E-state index is -0.658. The van der Waals surface area contributed by atoms with Gasteiger partial charge in [0.2, 0.25) is 5.91 Å². The molecule has 3 aliphatic rings. The van der Waals surface area contributed by atoms with Crippen LogP contribution in [0.1, 0.15) is 23.2 Å². The van der Waals surface area contributed by atoms with E-state index in [4.69, 9.17) is 9.47 Å². The van der Waals surface area contributed by atoms with E-state index < -0.39 is 5.72 Å². The summed E-state index contributed by atoms with van der Waals surface area (Å²) >= 11 is 0. The number of methoxy groups -OCH3 is 1. The Labute approximate surface area is 133 Å². The third-order valence-electron chi connectivity index (χ3n) is 5.10. The van der Waals surface area contributed by atoms with E-state index in [0.29, 0.717) is 31.9 Å². The SMILES string of the molecule is COc1ccc(C(=O)N2CC[C@@]34OCCN3C(=O)C[C@@H]24)c(O)c1. The summed E-state index contributed by atoms with van der Waals surface area (Å²) in [6.07, 6.45) is 0.898. The van der Waals surface area contributed by atoms with Crippen LogP contribution in [0.4, 0.5) is 0 Å². The number of aromatic hydroxyl groups is 1. The Balaban J connectivity index is 1.64. The van der Waals surface area contributed by atoms with Gasteiger partial charge in [-0.05, 0) is 12.1 Å². The van der Waals surface area contributed by atoms with Crippen molar-refractivity contribution in [2.75, 3.05) is 26.8 Å². The summed E-state index contributed by atoms with van der Waals surface area (Å²) in [7, 11) is 1.50. The van der Waals surface area contributed by atoms with Gasteiger partial charge in [-0.15, -0.1) is 0 Å². The fraction of sp³-hybridized carbons (Fsp3) is 0.500. The molecular weight excluding hydrogens is 300 g/mol. The van der Waals surface area contributed by atoms with Gasteiger partial charge in [0.25, 0.3) is 5.91 Å². The maximum Gasteiger partial charge on any atom is 0.258 e. The van der Waals surface area contributed by atoms with Crippen LogP contribution in [0.5, 0.6) is 11.5 Å². The number of hydrogen-bond donors (Lipinski definition) is 1. The first kappa shape index (κ1) is 14.3. The lowest BCUT2D eigenvalue weighted by molar-refractivity contribution is -0.136. The Morgan fingerprint density at radius 3 is 3.00 bits per heavy atom. The van der Waals surface area contributed by atoms with Crippen LogP contribution in [0, 0.1) is 0 Å². The van der Waals surface area contributed by atoms with Crippen LogP contribution in [0.3, 0.4) is 0 Å². The first-order valence-electron chi connectivity index (χ1n) is 7.69. The van der Waals surface area contributed by atoms with Crippen molar-refractivity contribution in [1.82, 2.24) is 9.80 Å². The number of benzene rings is 1. The van der Waals surface area contributed by atoms with Gasteiger partial charge in [-0.25, -0.2) is 0 Å². The molecule has 1 N–H and O–H groups in total. The lowest BCUT2D eigenvalue weighted by Gasteiger charge is -2.31. The van der Waals surface area contributed by atoms with E-state index in [9.17, 15) is 14.7 Å². The lowest BCUT2D eigenvalue weighted by atomic mass is 10.1. The molecule has 0 bridgehead atoms. The second-order valence-electron chi connectivity index (χ2n) is 6.09. The van der Waals surface area contributed by atoms with Gasteiger partial charge in [0.15, 0.2) is 5.72 Å². The average Bonchev–Trinajstić information content (AvgIpc) is 3.18. The average molecular weight is 318 g/mol. The zero-order valence-electron chi connectivity index (χ0n) is 12.8. The number of carbonyl (C=O) groups is 2. The van der Waals surface area contributed by atoms with Gasteiger partial charge in [0.05, 0.1) is 31.7 Å². The van der Waals surface area contributed by atoms with Crippen molar-refractivity contribution in [2.24, 2.45) is 0 Å². The number of ether oxygens (including phenoxy) is 2. The van der Waals surface area contributed by atoms with Crippen LogP contribution in [-0.4, -0.2) is 65.3 Å². The quantitative estimate of drug-likeness (QED) is 0.862. The number of phenolic OH excluding ortho intramolecular Hbond substituents is 1. The van der Waals surface area contributed by atoms with Crippen molar-refractivity contribution in [1.29, 1.82) is 0 Å². The highest BCUT2D eigenvalue weighted by atomic mass is 16.5. The van der Waals surface area contributed by atoms with E-state index in [1.807, 2.05) is 0 Å². The number of nitrogens with zero attached hydrogens (tertiary/aromatic N) is 2. The maximum atomic E-state index is 12.8. The molecule has 23 heavy (non-hydrogen) atoms. The van der Waals surface area contributed by atoms with E-state index in [1.54, 1.807) is 21.9 Å². The molecule has 1 aromatic rings. The van der Waals surface area contributed by atoms with E-state index in [2.05, 4.69) is 0 Å². The second kappa shape index (κ2) is 4.86. The van der Waals surface area contributed by atoms with Crippen LogP contribution in [0.2, 0.25) is 0 Å². The minimum absolute atomic E-state index is 0.0314. The first-order valence-corrected chi connectivity index (χ1v) is 7.69. The number of hydrogen-bond acceptors (Lipinski definition) is 5. The molecule has 1 spiro atoms. The fourth-order valence-electron chi connectivity index (χ4n) is 4.01. The molecule has 1 aromatic carbocycles. The Hall–Kier alpha value is -2.28. The Kier molecular flexibility index (Phi) is 3.02. The smallest absolute Gasteiger partial charge is 0.258 e. The summed E-state index contributed by atoms with van der Waals surface area (Å²) in [5.74, 6) is 0.114. The van der Waals surface area contributed by atoms with Gasteiger partial charge in [-0.3, -0.25) is 9.59 Å². The predicted octanol–water partition coefficient (Wildman–Crippen LogP) is 0.574.